The molecule has 84 valence electrons. The summed E-state index contributed by atoms with van der Waals surface area (Å²) in [6.07, 6.45) is 0. The van der Waals surface area contributed by atoms with E-state index in [2.05, 4.69) is 5.32 Å². The van der Waals surface area contributed by atoms with Crippen LogP contribution in [0.15, 0.2) is 18.2 Å². The van der Waals surface area contributed by atoms with Gasteiger partial charge in [-0.2, -0.15) is 0 Å². The Morgan fingerprint density at radius 1 is 1.27 bits per heavy atom. The zero-order valence-electron chi connectivity index (χ0n) is 9.22. The van der Waals surface area contributed by atoms with Crippen LogP contribution in [0.5, 0.6) is 0 Å². The van der Waals surface area contributed by atoms with Crippen molar-refractivity contribution in [3.05, 3.63) is 35.4 Å². The van der Waals surface area contributed by atoms with Gasteiger partial charge >= 0.3 is 0 Å². The van der Waals surface area contributed by atoms with Crippen LogP contribution < -0.4 is 5.32 Å². The molecule has 1 aromatic carbocycles. The maximum atomic E-state index is 13.0. The standard InChI is InChI=1S/C11H16F2N2/c1-14-11(7-15(2)3)8-4-5-9(12)10(13)6-8/h4-6,11,14H,7H2,1-3H3. The maximum Gasteiger partial charge on any atom is 0.159 e. The van der Waals surface area contributed by atoms with Crippen LogP contribution in [0.25, 0.3) is 0 Å². The van der Waals surface area contributed by atoms with Gasteiger partial charge in [-0.15, -0.1) is 0 Å². The minimum atomic E-state index is -0.807. The van der Waals surface area contributed by atoms with Crippen molar-refractivity contribution < 1.29 is 8.78 Å². The minimum Gasteiger partial charge on any atom is -0.312 e. The molecule has 1 N–H and O–H groups in total. The normalized spacial score (nSPS) is 13.2. The van der Waals surface area contributed by atoms with Crippen molar-refractivity contribution in [3.8, 4) is 0 Å². The lowest BCUT2D eigenvalue weighted by Crippen LogP contribution is -2.28. The predicted octanol–water partition coefficient (Wildman–Crippen LogP) is 1.79. The molecule has 0 fully saturated rings. The first kappa shape index (κ1) is 12.1. The molecule has 0 aromatic heterocycles. The Kier molecular flexibility index (Phi) is 4.17. The van der Waals surface area contributed by atoms with E-state index in [1.54, 1.807) is 13.1 Å². The summed E-state index contributed by atoms with van der Waals surface area (Å²) in [6, 6.07) is 4.00. The highest BCUT2D eigenvalue weighted by Crippen LogP contribution is 2.16. The molecule has 0 amide bonds. The Morgan fingerprint density at radius 3 is 2.40 bits per heavy atom. The van der Waals surface area contributed by atoms with Crippen LogP contribution in [-0.2, 0) is 0 Å². The summed E-state index contributed by atoms with van der Waals surface area (Å²) in [5.41, 5.74) is 0.755. The van der Waals surface area contributed by atoms with E-state index in [0.717, 1.165) is 18.2 Å². The quantitative estimate of drug-likeness (QED) is 0.822. The molecule has 0 bridgehead atoms. The summed E-state index contributed by atoms with van der Waals surface area (Å²) < 4.78 is 25.7. The molecule has 0 aliphatic carbocycles. The van der Waals surface area contributed by atoms with Gasteiger partial charge in [-0.1, -0.05) is 6.07 Å². The van der Waals surface area contributed by atoms with Gasteiger partial charge in [0, 0.05) is 12.6 Å². The molecule has 1 unspecified atom stereocenters. The number of benzene rings is 1. The molecule has 15 heavy (non-hydrogen) atoms. The zero-order chi connectivity index (χ0) is 11.4. The van der Waals surface area contributed by atoms with Crippen molar-refractivity contribution in [2.45, 2.75) is 6.04 Å². The summed E-state index contributed by atoms with van der Waals surface area (Å²) in [7, 11) is 5.67. The van der Waals surface area contributed by atoms with E-state index in [1.165, 1.54) is 6.07 Å². The van der Waals surface area contributed by atoms with Crippen molar-refractivity contribution >= 4 is 0 Å². The fourth-order valence-corrected chi connectivity index (χ4v) is 1.46. The van der Waals surface area contributed by atoms with Crippen LogP contribution in [0, 0.1) is 11.6 Å². The topological polar surface area (TPSA) is 15.3 Å². The van der Waals surface area contributed by atoms with Crippen LogP contribution >= 0.6 is 0 Å². The molecule has 0 radical (unpaired) electrons. The van der Waals surface area contributed by atoms with Gasteiger partial charge in [0.05, 0.1) is 0 Å². The molecule has 0 saturated heterocycles. The van der Waals surface area contributed by atoms with Crippen molar-refractivity contribution in [3.63, 3.8) is 0 Å². The predicted molar refractivity (Wildman–Crippen MR) is 56.7 cm³/mol. The van der Waals surface area contributed by atoms with Gasteiger partial charge in [-0.25, -0.2) is 8.78 Å². The zero-order valence-corrected chi connectivity index (χ0v) is 9.22. The highest BCUT2D eigenvalue weighted by atomic mass is 19.2. The first-order valence-corrected chi connectivity index (χ1v) is 4.81. The molecule has 0 saturated carbocycles. The minimum absolute atomic E-state index is 0.00935. The summed E-state index contributed by atoms with van der Waals surface area (Å²) in [5, 5.41) is 3.07. The lowest BCUT2D eigenvalue weighted by atomic mass is 10.1. The molecule has 0 spiro atoms. The Hall–Kier alpha value is -1.00. The maximum absolute atomic E-state index is 13.0. The fourth-order valence-electron chi connectivity index (χ4n) is 1.46. The van der Waals surface area contributed by atoms with Gasteiger partial charge < -0.3 is 10.2 Å². The highest BCUT2D eigenvalue weighted by Gasteiger charge is 2.12. The van der Waals surface area contributed by atoms with E-state index in [9.17, 15) is 8.78 Å². The Bertz CT molecular complexity index is 326. The molecule has 0 heterocycles. The lowest BCUT2D eigenvalue weighted by Gasteiger charge is -2.20. The molecule has 1 rings (SSSR count). The average Bonchev–Trinajstić information content (AvgIpc) is 2.18. The SMILES string of the molecule is CNC(CN(C)C)c1ccc(F)c(F)c1. The largest absolute Gasteiger partial charge is 0.312 e. The second-order valence-electron chi connectivity index (χ2n) is 3.78. The molecule has 2 nitrogen and oxygen atoms in total. The molecular weight excluding hydrogens is 198 g/mol. The van der Waals surface area contributed by atoms with Crippen LogP contribution in [-0.4, -0.2) is 32.6 Å². The molecule has 0 aliphatic rings. The number of likely N-dealkylation sites (N-methyl/N-ethyl adjacent to an activating group) is 2. The third-order valence-corrected chi connectivity index (χ3v) is 2.24. The van der Waals surface area contributed by atoms with E-state index < -0.39 is 11.6 Å². The second kappa shape index (κ2) is 5.19. The van der Waals surface area contributed by atoms with Crippen molar-refractivity contribution in [1.82, 2.24) is 10.2 Å². The Balaban J connectivity index is 2.87. The number of nitrogens with one attached hydrogen (secondary N) is 1. The summed E-state index contributed by atoms with van der Waals surface area (Å²) in [6.45, 7) is 0.738. The van der Waals surface area contributed by atoms with Crippen molar-refractivity contribution in [2.24, 2.45) is 0 Å². The average molecular weight is 214 g/mol. The summed E-state index contributed by atoms with van der Waals surface area (Å²) in [4.78, 5) is 1.99. The van der Waals surface area contributed by atoms with Gasteiger partial charge in [0.25, 0.3) is 0 Å². The van der Waals surface area contributed by atoms with Gasteiger partial charge in [0.1, 0.15) is 0 Å². The van der Waals surface area contributed by atoms with E-state index in [0.29, 0.717) is 0 Å². The number of nitrogens with zero attached hydrogens (tertiary/aromatic N) is 1. The molecule has 0 aliphatic heterocycles. The van der Waals surface area contributed by atoms with Crippen LogP contribution in [0.1, 0.15) is 11.6 Å². The smallest absolute Gasteiger partial charge is 0.159 e. The van der Waals surface area contributed by atoms with Gasteiger partial charge in [0.15, 0.2) is 11.6 Å². The first-order valence-electron chi connectivity index (χ1n) is 4.81. The third kappa shape index (κ3) is 3.25. The lowest BCUT2D eigenvalue weighted by molar-refractivity contribution is 0.351. The second-order valence-corrected chi connectivity index (χ2v) is 3.78. The molecule has 1 atom stereocenters. The van der Waals surface area contributed by atoms with Crippen LogP contribution in [0.4, 0.5) is 8.78 Å². The molecular formula is C11H16F2N2. The molecule has 4 heteroatoms. The van der Waals surface area contributed by atoms with E-state index in [-0.39, 0.29) is 6.04 Å². The fraction of sp³-hybridized carbons (Fsp3) is 0.455. The van der Waals surface area contributed by atoms with Crippen molar-refractivity contribution in [1.29, 1.82) is 0 Å². The van der Waals surface area contributed by atoms with E-state index >= 15 is 0 Å². The van der Waals surface area contributed by atoms with Crippen LogP contribution in [0.3, 0.4) is 0 Å². The Morgan fingerprint density at radius 2 is 1.93 bits per heavy atom. The highest BCUT2D eigenvalue weighted by molar-refractivity contribution is 5.21. The third-order valence-electron chi connectivity index (χ3n) is 2.24. The summed E-state index contributed by atoms with van der Waals surface area (Å²) in [5.74, 6) is -1.61. The number of hydrogen-bond donors (Lipinski definition) is 1. The number of hydrogen-bond acceptors (Lipinski definition) is 2. The van der Waals surface area contributed by atoms with Crippen molar-refractivity contribution in [2.75, 3.05) is 27.7 Å². The monoisotopic (exact) mass is 214 g/mol. The molecule has 1 aromatic rings. The van der Waals surface area contributed by atoms with E-state index in [1.807, 2.05) is 19.0 Å². The van der Waals surface area contributed by atoms with Crippen LogP contribution in [0.2, 0.25) is 0 Å². The van der Waals surface area contributed by atoms with Gasteiger partial charge in [0.2, 0.25) is 0 Å². The van der Waals surface area contributed by atoms with E-state index in [4.69, 9.17) is 0 Å². The Labute approximate surface area is 88.9 Å². The first-order chi connectivity index (χ1) is 7.04. The number of rotatable bonds is 4. The van der Waals surface area contributed by atoms with Gasteiger partial charge in [-0.05, 0) is 38.8 Å². The summed E-state index contributed by atoms with van der Waals surface area (Å²) >= 11 is 0. The van der Waals surface area contributed by atoms with Gasteiger partial charge in [-0.3, -0.25) is 0 Å². The number of halogens is 2.